The molecule has 0 saturated heterocycles. The summed E-state index contributed by atoms with van der Waals surface area (Å²) in [6, 6.07) is 0. The van der Waals surface area contributed by atoms with Gasteiger partial charge < -0.3 is 0 Å². The topological polar surface area (TPSA) is 0 Å². The Morgan fingerprint density at radius 2 is 1.47 bits per heavy atom. The van der Waals surface area contributed by atoms with Crippen LogP contribution in [0.2, 0.25) is 0 Å². The molecule has 0 bridgehead atoms. The lowest BCUT2D eigenvalue weighted by Gasteiger charge is -2.14. The van der Waals surface area contributed by atoms with Crippen LogP contribution in [0, 0.1) is 20.8 Å². The first kappa shape index (κ1) is 12.8. The molecule has 0 N–H and O–H groups in total. The highest BCUT2D eigenvalue weighted by atomic mass is 32.1. The number of hydrogen-bond donors (Lipinski definition) is 0. The van der Waals surface area contributed by atoms with E-state index in [1.807, 2.05) is 11.3 Å². The smallest absolute Gasteiger partial charge is 0.0111 e. The maximum absolute atomic E-state index is 2.30. The van der Waals surface area contributed by atoms with Gasteiger partial charge in [0.25, 0.3) is 0 Å². The fraction of sp³-hybridized carbons (Fsp3) is 0.714. The van der Waals surface area contributed by atoms with Crippen molar-refractivity contribution in [3.05, 3.63) is 20.9 Å². The second-order valence-electron chi connectivity index (χ2n) is 4.55. The quantitative estimate of drug-likeness (QED) is 0.632. The summed E-state index contributed by atoms with van der Waals surface area (Å²) in [5, 5.41) is 0. The molecule has 0 saturated carbocycles. The molecule has 0 fully saturated rings. The monoisotopic (exact) mass is 224 g/mol. The van der Waals surface area contributed by atoms with Crippen LogP contribution in [-0.4, -0.2) is 0 Å². The van der Waals surface area contributed by atoms with Crippen LogP contribution in [0.3, 0.4) is 0 Å². The van der Waals surface area contributed by atoms with Gasteiger partial charge in [0, 0.05) is 9.75 Å². The second kappa shape index (κ2) is 5.69. The Morgan fingerprint density at radius 1 is 0.933 bits per heavy atom. The number of aryl methyl sites for hydroxylation is 1. The number of rotatable bonds is 5. The van der Waals surface area contributed by atoms with Crippen LogP contribution < -0.4 is 0 Å². The summed E-state index contributed by atoms with van der Waals surface area (Å²) in [6.45, 7) is 11.4. The molecule has 0 aliphatic carbocycles. The van der Waals surface area contributed by atoms with Crippen molar-refractivity contribution in [2.45, 2.75) is 66.2 Å². The highest BCUT2D eigenvalue weighted by Crippen LogP contribution is 2.37. The Hall–Kier alpha value is -0.300. The number of hydrogen-bond acceptors (Lipinski definition) is 1. The van der Waals surface area contributed by atoms with E-state index in [0.29, 0.717) is 0 Å². The maximum Gasteiger partial charge on any atom is 0.0111 e. The third-order valence-corrected chi connectivity index (χ3v) is 4.84. The fourth-order valence-electron chi connectivity index (χ4n) is 2.26. The SMILES string of the molecule is CCCC(CCC)c1sc(C)c(C)c1C. The molecule has 0 aliphatic heterocycles. The van der Waals surface area contributed by atoms with E-state index in [1.165, 1.54) is 36.1 Å². The van der Waals surface area contributed by atoms with Gasteiger partial charge in [-0.25, -0.2) is 0 Å². The Bertz CT molecular complexity index is 303. The molecule has 0 unspecified atom stereocenters. The van der Waals surface area contributed by atoms with Gasteiger partial charge in [0.2, 0.25) is 0 Å². The van der Waals surface area contributed by atoms with Crippen molar-refractivity contribution in [2.24, 2.45) is 0 Å². The van der Waals surface area contributed by atoms with Crippen LogP contribution in [0.25, 0.3) is 0 Å². The van der Waals surface area contributed by atoms with Crippen LogP contribution in [-0.2, 0) is 0 Å². The molecule has 0 aromatic carbocycles. The van der Waals surface area contributed by atoms with Crippen LogP contribution in [0.5, 0.6) is 0 Å². The van der Waals surface area contributed by atoms with Crippen molar-refractivity contribution < 1.29 is 0 Å². The van der Waals surface area contributed by atoms with E-state index in [1.54, 1.807) is 10.4 Å². The lowest BCUT2D eigenvalue weighted by molar-refractivity contribution is 0.566. The van der Waals surface area contributed by atoms with Gasteiger partial charge in [0.1, 0.15) is 0 Å². The second-order valence-corrected chi connectivity index (χ2v) is 5.80. The van der Waals surface area contributed by atoms with E-state index in [-0.39, 0.29) is 0 Å². The highest BCUT2D eigenvalue weighted by Gasteiger charge is 2.17. The molecule has 0 amide bonds. The van der Waals surface area contributed by atoms with Crippen LogP contribution in [0.15, 0.2) is 0 Å². The zero-order valence-electron chi connectivity index (χ0n) is 10.8. The van der Waals surface area contributed by atoms with Gasteiger partial charge in [-0.1, -0.05) is 26.7 Å². The predicted molar refractivity (Wildman–Crippen MR) is 71.1 cm³/mol. The minimum atomic E-state index is 0.817. The molecule has 0 spiro atoms. The van der Waals surface area contributed by atoms with Crippen LogP contribution in [0.4, 0.5) is 0 Å². The molecule has 0 radical (unpaired) electrons. The van der Waals surface area contributed by atoms with Gasteiger partial charge in [-0.15, -0.1) is 11.3 Å². The molecule has 1 heteroatoms. The van der Waals surface area contributed by atoms with E-state index in [0.717, 1.165) is 5.92 Å². The van der Waals surface area contributed by atoms with Crippen LogP contribution >= 0.6 is 11.3 Å². The Balaban J connectivity index is 2.94. The molecular weight excluding hydrogens is 200 g/mol. The van der Waals surface area contributed by atoms with E-state index in [2.05, 4.69) is 34.6 Å². The molecule has 1 heterocycles. The first-order valence-electron chi connectivity index (χ1n) is 6.18. The number of thiophene rings is 1. The van der Waals surface area contributed by atoms with Gasteiger partial charge in [0.05, 0.1) is 0 Å². The van der Waals surface area contributed by atoms with Gasteiger partial charge in [-0.2, -0.15) is 0 Å². The van der Waals surface area contributed by atoms with Gasteiger partial charge in [-0.05, 0) is 50.7 Å². The first-order valence-corrected chi connectivity index (χ1v) is 6.99. The van der Waals surface area contributed by atoms with Crippen molar-refractivity contribution in [3.8, 4) is 0 Å². The summed E-state index contributed by atoms with van der Waals surface area (Å²) < 4.78 is 0. The third-order valence-electron chi connectivity index (χ3n) is 3.37. The Kier molecular flexibility index (Phi) is 4.85. The maximum atomic E-state index is 2.30. The average molecular weight is 224 g/mol. The van der Waals surface area contributed by atoms with Gasteiger partial charge in [0.15, 0.2) is 0 Å². The van der Waals surface area contributed by atoms with E-state index >= 15 is 0 Å². The average Bonchev–Trinajstić information content (AvgIpc) is 2.46. The predicted octanol–water partition coefficient (Wildman–Crippen LogP) is 5.36. The van der Waals surface area contributed by atoms with E-state index < -0.39 is 0 Å². The van der Waals surface area contributed by atoms with Crippen molar-refractivity contribution >= 4 is 11.3 Å². The van der Waals surface area contributed by atoms with E-state index in [4.69, 9.17) is 0 Å². The third kappa shape index (κ3) is 2.84. The largest absolute Gasteiger partial charge is 0.145 e. The van der Waals surface area contributed by atoms with E-state index in [9.17, 15) is 0 Å². The summed E-state index contributed by atoms with van der Waals surface area (Å²) in [7, 11) is 0. The lowest BCUT2D eigenvalue weighted by Crippen LogP contribution is -1.97. The van der Waals surface area contributed by atoms with Crippen molar-refractivity contribution in [2.75, 3.05) is 0 Å². The molecule has 1 rings (SSSR count). The Morgan fingerprint density at radius 3 is 1.80 bits per heavy atom. The zero-order valence-corrected chi connectivity index (χ0v) is 11.6. The van der Waals surface area contributed by atoms with Gasteiger partial charge >= 0.3 is 0 Å². The molecule has 15 heavy (non-hydrogen) atoms. The standard InChI is InChI=1S/C14H24S/c1-6-8-13(9-7-2)14-11(4)10(3)12(5)15-14/h13H,6-9H2,1-5H3. The molecule has 1 aromatic heterocycles. The van der Waals surface area contributed by atoms with Crippen LogP contribution in [0.1, 0.15) is 66.3 Å². The highest BCUT2D eigenvalue weighted by molar-refractivity contribution is 7.12. The first-order chi connectivity index (χ1) is 7.11. The fourth-order valence-corrected chi connectivity index (χ4v) is 3.60. The summed E-state index contributed by atoms with van der Waals surface area (Å²) in [5.74, 6) is 0.817. The van der Waals surface area contributed by atoms with Crippen molar-refractivity contribution in [3.63, 3.8) is 0 Å². The normalized spacial score (nSPS) is 11.3. The minimum Gasteiger partial charge on any atom is -0.145 e. The van der Waals surface area contributed by atoms with Crippen molar-refractivity contribution in [1.82, 2.24) is 0 Å². The molecule has 0 nitrogen and oxygen atoms in total. The summed E-state index contributed by atoms with van der Waals surface area (Å²) >= 11 is 2.03. The molecule has 0 aliphatic rings. The summed E-state index contributed by atoms with van der Waals surface area (Å²) in [5.41, 5.74) is 3.08. The zero-order chi connectivity index (χ0) is 11.4. The summed E-state index contributed by atoms with van der Waals surface area (Å²) in [6.07, 6.45) is 5.32. The molecule has 1 aromatic rings. The summed E-state index contributed by atoms with van der Waals surface area (Å²) in [4.78, 5) is 3.17. The van der Waals surface area contributed by atoms with Gasteiger partial charge in [-0.3, -0.25) is 0 Å². The molecule has 86 valence electrons. The molecular formula is C14H24S. The van der Waals surface area contributed by atoms with Crippen molar-refractivity contribution in [1.29, 1.82) is 0 Å². The molecule has 0 atom stereocenters. The lowest BCUT2D eigenvalue weighted by atomic mass is 9.93. The Labute approximate surface area is 98.7 Å². The minimum absolute atomic E-state index is 0.817.